The van der Waals surface area contributed by atoms with Gasteiger partial charge in [-0.1, -0.05) is 42.5 Å². The van der Waals surface area contributed by atoms with Crippen molar-refractivity contribution in [1.29, 1.82) is 0 Å². The number of nitrogens with two attached hydrogens (primary N) is 1. The fourth-order valence-electron chi connectivity index (χ4n) is 4.59. The second kappa shape index (κ2) is 8.15. The molecule has 1 fully saturated rings. The topological polar surface area (TPSA) is 81.7 Å². The van der Waals surface area contributed by atoms with E-state index >= 15 is 0 Å². The Kier molecular flexibility index (Phi) is 4.85. The Labute approximate surface area is 192 Å². The van der Waals surface area contributed by atoms with E-state index < -0.39 is 0 Å². The molecule has 6 rings (SSSR count). The highest BCUT2D eigenvalue weighted by Gasteiger charge is 2.20. The first-order chi connectivity index (χ1) is 16.3. The molecule has 0 amide bonds. The number of imidazole rings is 1. The number of pyridine rings is 2. The van der Waals surface area contributed by atoms with Gasteiger partial charge in [0.15, 0.2) is 11.5 Å². The number of nitrogen functional groups attached to an aromatic ring is 1. The minimum absolute atomic E-state index is 0.450. The van der Waals surface area contributed by atoms with Crippen LogP contribution < -0.4 is 11.1 Å². The summed E-state index contributed by atoms with van der Waals surface area (Å²) in [5, 5.41) is 3.45. The molecule has 6 nitrogen and oxygen atoms in total. The lowest BCUT2D eigenvalue weighted by Crippen LogP contribution is -2.08. The third kappa shape index (κ3) is 3.54. The molecule has 0 saturated carbocycles. The number of nitrogens with one attached hydrogen (secondary N) is 1. The molecule has 1 saturated heterocycles. The first kappa shape index (κ1) is 19.6. The van der Waals surface area contributed by atoms with E-state index in [1.807, 2.05) is 42.5 Å². The highest BCUT2D eigenvalue weighted by Crippen LogP contribution is 2.32. The molecule has 6 heteroatoms. The molecule has 2 aromatic carbocycles. The van der Waals surface area contributed by atoms with Gasteiger partial charge < -0.3 is 11.1 Å². The molecular weight excluding hydrogens is 408 g/mol. The van der Waals surface area contributed by atoms with E-state index in [1.54, 1.807) is 6.20 Å². The number of nitrogens with zero attached hydrogens (tertiary/aromatic N) is 4. The van der Waals surface area contributed by atoms with Gasteiger partial charge in [0, 0.05) is 24.0 Å². The maximum absolute atomic E-state index is 6.26. The monoisotopic (exact) mass is 432 g/mol. The molecule has 3 N–H and O–H groups in total. The molecule has 162 valence electrons. The Bertz CT molecular complexity index is 1420. The molecule has 0 aliphatic carbocycles. The van der Waals surface area contributed by atoms with Crippen molar-refractivity contribution in [2.45, 2.75) is 12.3 Å². The van der Waals surface area contributed by atoms with Crippen molar-refractivity contribution in [1.82, 2.24) is 24.8 Å². The van der Waals surface area contributed by atoms with Gasteiger partial charge in [-0.25, -0.2) is 15.0 Å². The molecule has 4 heterocycles. The van der Waals surface area contributed by atoms with Crippen molar-refractivity contribution in [2.75, 3.05) is 18.8 Å². The summed E-state index contributed by atoms with van der Waals surface area (Å²) in [4.78, 5) is 14.2. The molecule has 5 aromatic rings. The summed E-state index contributed by atoms with van der Waals surface area (Å²) >= 11 is 0. The molecule has 0 spiro atoms. The third-order valence-corrected chi connectivity index (χ3v) is 6.34. The van der Waals surface area contributed by atoms with Crippen LogP contribution in [-0.4, -0.2) is 32.6 Å². The van der Waals surface area contributed by atoms with Gasteiger partial charge >= 0.3 is 0 Å². The van der Waals surface area contributed by atoms with Gasteiger partial charge in [0.25, 0.3) is 0 Å². The molecule has 0 radical (unpaired) electrons. The average molecular weight is 433 g/mol. The number of rotatable bonds is 4. The van der Waals surface area contributed by atoms with E-state index in [2.05, 4.69) is 51.3 Å². The zero-order valence-electron chi connectivity index (χ0n) is 18.1. The highest BCUT2D eigenvalue weighted by atomic mass is 15.1. The van der Waals surface area contributed by atoms with Crippen molar-refractivity contribution < 1.29 is 0 Å². The molecule has 3 aromatic heterocycles. The van der Waals surface area contributed by atoms with Gasteiger partial charge in [-0.2, -0.15) is 0 Å². The lowest BCUT2D eigenvalue weighted by atomic mass is 9.98. The van der Waals surface area contributed by atoms with Crippen LogP contribution in [0, 0.1) is 0 Å². The standard InChI is InChI=1S/C27H24N6/c28-25-22(7-4-15-30-25)26-32-24-13-12-23(19-5-2-1-3-6-19)31-27(24)33(26)21-10-8-18(9-11-21)20-14-16-29-17-20/h1-13,15,20,29H,14,16-17H2,(H2,28,30). The van der Waals surface area contributed by atoms with Gasteiger partial charge in [0.2, 0.25) is 0 Å². The number of hydrogen-bond donors (Lipinski definition) is 2. The quantitative estimate of drug-likeness (QED) is 0.426. The van der Waals surface area contributed by atoms with Gasteiger partial charge in [0.1, 0.15) is 11.3 Å². The van der Waals surface area contributed by atoms with E-state index in [4.69, 9.17) is 15.7 Å². The number of fused-ring (bicyclic) bond motifs is 1. The van der Waals surface area contributed by atoms with Crippen LogP contribution in [0.15, 0.2) is 85.1 Å². The summed E-state index contributed by atoms with van der Waals surface area (Å²) in [6.07, 6.45) is 2.87. The second-order valence-electron chi connectivity index (χ2n) is 8.39. The summed E-state index contributed by atoms with van der Waals surface area (Å²) in [5.74, 6) is 1.75. The Morgan fingerprint density at radius 3 is 2.48 bits per heavy atom. The summed E-state index contributed by atoms with van der Waals surface area (Å²) in [6.45, 7) is 2.11. The van der Waals surface area contributed by atoms with Crippen LogP contribution in [0.4, 0.5) is 5.82 Å². The minimum atomic E-state index is 0.450. The van der Waals surface area contributed by atoms with Crippen LogP contribution in [0.2, 0.25) is 0 Å². The number of aromatic nitrogens is 4. The van der Waals surface area contributed by atoms with Gasteiger partial charge in [-0.3, -0.25) is 4.57 Å². The molecule has 1 unspecified atom stereocenters. The van der Waals surface area contributed by atoms with Crippen LogP contribution in [0.25, 0.3) is 39.5 Å². The Balaban J connectivity index is 1.55. The summed E-state index contributed by atoms with van der Waals surface area (Å²) in [5.41, 5.74) is 13.0. The van der Waals surface area contributed by atoms with Crippen LogP contribution in [0.3, 0.4) is 0 Å². The van der Waals surface area contributed by atoms with Crippen LogP contribution >= 0.6 is 0 Å². The SMILES string of the molecule is Nc1ncccc1-c1nc2ccc(-c3ccccc3)nc2n1-c1ccc(C2CCNC2)cc1. The molecule has 1 atom stereocenters. The van der Waals surface area contributed by atoms with Crippen LogP contribution in [0.5, 0.6) is 0 Å². The molecule has 33 heavy (non-hydrogen) atoms. The number of hydrogen-bond acceptors (Lipinski definition) is 5. The molecule has 1 aliphatic heterocycles. The Morgan fingerprint density at radius 2 is 1.73 bits per heavy atom. The van der Waals surface area contributed by atoms with Gasteiger partial charge in [-0.05, 0) is 60.8 Å². The van der Waals surface area contributed by atoms with Crippen molar-refractivity contribution in [3.05, 3.63) is 90.6 Å². The lowest BCUT2D eigenvalue weighted by Gasteiger charge is -2.13. The summed E-state index contributed by atoms with van der Waals surface area (Å²) < 4.78 is 2.09. The third-order valence-electron chi connectivity index (χ3n) is 6.34. The first-order valence-corrected chi connectivity index (χ1v) is 11.2. The maximum atomic E-state index is 6.26. The Morgan fingerprint density at radius 1 is 0.879 bits per heavy atom. The smallest absolute Gasteiger partial charge is 0.165 e. The van der Waals surface area contributed by atoms with Crippen molar-refractivity contribution in [3.63, 3.8) is 0 Å². The fourth-order valence-corrected chi connectivity index (χ4v) is 4.59. The van der Waals surface area contributed by atoms with E-state index in [1.165, 1.54) is 12.0 Å². The van der Waals surface area contributed by atoms with E-state index in [9.17, 15) is 0 Å². The largest absolute Gasteiger partial charge is 0.383 e. The van der Waals surface area contributed by atoms with Gasteiger partial charge in [0.05, 0.1) is 11.3 Å². The summed E-state index contributed by atoms with van der Waals surface area (Å²) in [6, 6.07) is 26.8. The highest BCUT2D eigenvalue weighted by molar-refractivity contribution is 5.84. The molecule has 1 aliphatic rings. The van der Waals surface area contributed by atoms with E-state index in [-0.39, 0.29) is 0 Å². The molecular formula is C27H24N6. The van der Waals surface area contributed by atoms with Crippen molar-refractivity contribution in [3.8, 4) is 28.3 Å². The first-order valence-electron chi connectivity index (χ1n) is 11.2. The average Bonchev–Trinajstić information content (AvgIpc) is 3.53. The van der Waals surface area contributed by atoms with Crippen molar-refractivity contribution in [2.24, 2.45) is 0 Å². The maximum Gasteiger partial charge on any atom is 0.165 e. The zero-order chi connectivity index (χ0) is 22.2. The number of anilines is 1. The van der Waals surface area contributed by atoms with E-state index in [0.717, 1.165) is 52.6 Å². The number of benzene rings is 2. The molecule has 0 bridgehead atoms. The van der Waals surface area contributed by atoms with Crippen LogP contribution in [0.1, 0.15) is 17.9 Å². The minimum Gasteiger partial charge on any atom is -0.383 e. The normalized spacial score (nSPS) is 15.8. The predicted molar refractivity (Wildman–Crippen MR) is 132 cm³/mol. The summed E-state index contributed by atoms with van der Waals surface area (Å²) in [7, 11) is 0. The Hall–Kier alpha value is -4.03. The van der Waals surface area contributed by atoms with E-state index in [0.29, 0.717) is 11.7 Å². The van der Waals surface area contributed by atoms with Gasteiger partial charge in [-0.15, -0.1) is 0 Å². The zero-order valence-corrected chi connectivity index (χ0v) is 18.1. The van der Waals surface area contributed by atoms with Crippen LogP contribution in [-0.2, 0) is 0 Å². The fraction of sp³-hybridized carbons (Fsp3) is 0.148. The van der Waals surface area contributed by atoms with Crippen molar-refractivity contribution >= 4 is 17.0 Å². The predicted octanol–water partition coefficient (Wildman–Crippen LogP) is 4.81. The lowest BCUT2D eigenvalue weighted by molar-refractivity contribution is 0.763. The second-order valence-corrected chi connectivity index (χ2v) is 8.39.